The highest BCUT2D eigenvalue weighted by molar-refractivity contribution is 7.13. The van der Waals surface area contributed by atoms with Crippen LogP contribution in [0.2, 0.25) is 0 Å². The number of hydrogen-bond donors (Lipinski definition) is 1. The largest absolute Gasteiger partial charge is 0.434 e. The highest BCUT2D eigenvalue weighted by Crippen LogP contribution is 2.32. The number of halogens is 3. The van der Waals surface area contributed by atoms with Crippen LogP contribution >= 0.6 is 11.3 Å². The molecule has 0 aliphatic carbocycles. The first kappa shape index (κ1) is 9.26. The van der Waals surface area contributed by atoms with Crippen LogP contribution in [0.25, 0.3) is 10.7 Å². The Labute approximate surface area is 81.4 Å². The predicted octanol–water partition coefficient (Wildman–Crippen LogP) is 3.16. The fraction of sp³-hybridized carbons (Fsp3) is 0.125. The number of alkyl halides is 3. The first-order chi connectivity index (χ1) is 6.57. The molecule has 0 atom stereocenters. The molecule has 0 radical (unpaired) electrons. The van der Waals surface area contributed by atoms with Crippen molar-refractivity contribution in [1.29, 1.82) is 0 Å². The maximum atomic E-state index is 12.2. The first-order valence-electron chi connectivity index (χ1n) is 3.74. The number of aromatic nitrogens is 2. The number of rotatable bonds is 1. The molecule has 0 saturated carbocycles. The fourth-order valence-corrected chi connectivity index (χ4v) is 1.81. The summed E-state index contributed by atoms with van der Waals surface area (Å²) < 4.78 is 36.5. The summed E-state index contributed by atoms with van der Waals surface area (Å²) in [4.78, 5) is 6.29. The van der Waals surface area contributed by atoms with Crippen LogP contribution in [0.15, 0.2) is 23.7 Å². The molecule has 2 aromatic heterocycles. The highest BCUT2D eigenvalue weighted by atomic mass is 32.1. The molecule has 2 heterocycles. The minimum atomic E-state index is -4.36. The molecule has 2 rings (SSSR count). The Balaban J connectivity index is 2.36. The minimum Gasteiger partial charge on any atom is -0.359 e. The quantitative estimate of drug-likeness (QED) is 0.782. The smallest absolute Gasteiger partial charge is 0.359 e. The molecule has 14 heavy (non-hydrogen) atoms. The van der Waals surface area contributed by atoms with Gasteiger partial charge in [0.1, 0.15) is 5.01 Å². The summed E-state index contributed by atoms with van der Waals surface area (Å²) in [7, 11) is 0. The molecule has 6 heteroatoms. The van der Waals surface area contributed by atoms with Crippen molar-refractivity contribution in [3.8, 4) is 10.7 Å². The van der Waals surface area contributed by atoms with E-state index in [9.17, 15) is 13.2 Å². The lowest BCUT2D eigenvalue weighted by atomic mass is 10.4. The predicted molar refractivity (Wildman–Crippen MR) is 46.9 cm³/mol. The third kappa shape index (κ3) is 1.65. The van der Waals surface area contributed by atoms with Crippen LogP contribution in [-0.2, 0) is 6.18 Å². The summed E-state index contributed by atoms with van der Waals surface area (Å²) in [5.41, 5.74) is -0.238. The third-order valence-corrected chi connectivity index (χ3v) is 2.50. The lowest BCUT2D eigenvalue weighted by Gasteiger charge is -1.99. The Morgan fingerprint density at radius 1 is 1.36 bits per heavy atom. The first-order valence-corrected chi connectivity index (χ1v) is 4.62. The van der Waals surface area contributed by atoms with Crippen LogP contribution in [0.3, 0.4) is 0 Å². The van der Waals surface area contributed by atoms with Crippen LogP contribution < -0.4 is 0 Å². The van der Waals surface area contributed by atoms with Crippen molar-refractivity contribution in [3.05, 3.63) is 29.4 Å². The molecule has 0 bridgehead atoms. The third-order valence-electron chi connectivity index (χ3n) is 1.62. The number of nitrogens with one attached hydrogen (secondary N) is 1. The van der Waals surface area contributed by atoms with Gasteiger partial charge in [-0.2, -0.15) is 13.2 Å². The van der Waals surface area contributed by atoms with Crippen LogP contribution in [-0.4, -0.2) is 9.97 Å². The SMILES string of the molecule is FC(F)(F)c1csc(-c2ccc[nH]2)n1. The Hall–Kier alpha value is -1.30. The van der Waals surface area contributed by atoms with E-state index >= 15 is 0 Å². The van der Waals surface area contributed by atoms with Gasteiger partial charge in [0.05, 0.1) is 5.69 Å². The maximum absolute atomic E-state index is 12.2. The molecule has 0 saturated heterocycles. The lowest BCUT2D eigenvalue weighted by molar-refractivity contribution is -0.140. The normalized spacial score (nSPS) is 11.9. The second-order valence-corrected chi connectivity index (χ2v) is 3.48. The molecular weight excluding hydrogens is 213 g/mol. The molecule has 0 spiro atoms. The van der Waals surface area contributed by atoms with Gasteiger partial charge in [0, 0.05) is 11.6 Å². The number of nitrogens with zero attached hydrogens (tertiary/aromatic N) is 1. The van der Waals surface area contributed by atoms with E-state index in [0.717, 1.165) is 16.7 Å². The number of H-pyrrole nitrogens is 1. The second-order valence-electron chi connectivity index (χ2n) is 2.62. The Bertz CT molecular complexity index is 416. The number of aromatic amines is 1. The molecule has 2 aromatic rings. The summed E-state index contributed by atoms with van der Waals surface area (Å²) in [6, 6.07) is 3.39. The van der Waals surface area contributed by atoms with Gasteiger partial charge in [0.15, 0.2) is 5.69 Å². The summed E-state index contributed by atoms with van der Waals surface area (Å²) in [6.07, 6.45) is -2.72. The second kappa shape index (κ2) is 3.13. The number of thiazole rings is 1. The van der Waals surface area contributed by atoms with Crippen LogP contribution in [0.4, 0.5) is 13.2 Å². The van der Waals surface area contributed by atoms with Crippen LogP contribution in [0.1, 0.15) is 5.69 Å². The minimum absolute atomic E-state index is 0.349. The van der Waals surface area contributed by atoms with Gasteiger partial charge >= 0.3 is 6.18 Å². The molecule has 0 aliphatic rings. The van der Waals surface area contributed by atoms with Gasteiger partial charge < -0.3 is 4.98 Å². The molecule has 2 nitrogen and oxygen atoms in total. The van der Waals surface area contributed by atoms with Crippen molar-refractivity contribution in [1.82, 2.24) is 9.97 Å². The molecule has 1 N–H and O–H groups in total. The van der Waals surface area contributed by atoms with Crippen LogP contribution in [0, 0.1) is 0 Å². The fourth-order valence-electron chi connectivity index (χ4n) is 0.991. The Morgan fingerprint density at radius 3 is 2.64 bits per heavy atom. The van der Waals surface area contributed by atoms with Crippen molar-refractivity contribution in [2.45, 2.75) is 6.18 Å². The van der Waals surface area contributed by atoms with Gasteiger partial charge in [-0.05, 0) is 12.1 Å². The van der Waals surface area contributed by atoms with Gasteiger partial charge in [-0.3, -0.25) is 0 Å². The van der Waals surface area contributed by atoms with Crippen molar-refractivity contribution in [3.63, 3.8) is 0 Å². The summed E-state index contributed by atoms with van der Waals surface area (Å²) in [5.74, 6) is 0. The monoisotopic (exact) mass is 218 g/mol. The van der Waals surface area contributed by atoms with E-state index in [2.05, 4.69) is 9.97 Å². The number of hydrogen-bond acceptors (Lipinski definition) is 2. The zero-order valence-corrected chi connectivity index (χ0v) is 7.62. The Morgan fingerprint density at radius 2 is 2.14 bits per heavy atom. The average molecular weight is 218 g/mol. The van der Waals surface area contributed by atoms with E-state index in [4.69, 9.17) is 0 Å². The zero-order chi connectivity index (χ0) is 10.2. The molecule has 0 aromatic carbocycles. The van der Waals surface area contributed by atoms with Crippen molar-refractivity contribution in [2.75, 3.05) is 0 Å². The van der Waals surface area contributed by atoms with E-state index in [1.807, 2.05) is 0 Å². The standard InChI is InChI=1S/C8H5F3N2S/c9-8(10,11)6-4-14-7(13-6)5-2-1-3-12-5/h1-4,12H. The van der Waals surface area contributed by atoms with E-state index in [1.165, 1.54) is 0 Å². The molecule has 74 valence electrons. The van der Waals surface area contributed by atoms with Gasteiger partial charge in [0.25, 0.3) is 0 Å². The van der Waals surface area contributed by atoms with Crippen molar-refractivity contribution in [2.24, 2.45) is 0 Å². The summed E-state index contributed by atoms with van der Waals surface area (Å²) >= 11 is 0.972. The van der Waals surface area contributed by atoms with Gasteiger partial charge in [-0.25, -0.2) is 4.98 Å². The maximum Gasteiger partial charge on any atom is 0.434 e. The van der Waals surface area contributed by atoms with Gasteiger partial charge in [-0.1, -0.05) is 0 Å². The van der Waals surface area contributed by atoms with E-state index in [1.54, 1.807) is 18.3 Å². The molecule has 0 fully saturated rings. The molecule has 0 aliphatic heterocycles. The van der Waals surface area contributed by atoms with E-state index < -0.39 is 11.9 Å². The van der Waals surface area contributed by atoms with Crippen LogP contribution in [0.5, 0.6) is 0 Å². The van der Waals surface area contributed by atoms with Crippen molar-refractivity contribution >= 4 is 11.3 Å². The topological polar surface area (TPSA) is 28.7 Å². The van der Waals surface area contributed by atoms with Crippen molar-refractivity contribution < 1.29 is 13.2 Å². The Kier molecular flexibility index (Phi) is 2.07. The molecule has 0 amide bonds. The van der Waals surface area contributed by atoms with Gasteiger partial charge in [-0.15, -0.1) is 11.3 Å². The molecular formula is C8H5F3N2S. The molecule has 0 unspecified atom stereocenters. The summed E-state index contributed by atoms with van der Waals surface area (Å²) in [5, 5.41) is 1.36. The lowest BCUT2D eigenvalue weighted by Crippen LogP contribution is -2.04. The highest BCUT2D eigenvalue weighted by Gasteiger charge is 2.33. The van der Waals surface area contributed by atoms with Gasteiger partial charge in [0.2, 0.25) is 0 Å². The van der Waals surface area contributed by atoms with E-state index in [0.29, 0.717) is 10.7 Å². The van der Waals surface area contributed by atoms with E-state index in [-0.39, 0.29) is 0 Å². The average Bonchev–Trinajstić information content (AvgIpc) is 2.73. The zero-order valence-electron chi connectivity index (χ0n) is 6.80. The summed E-state index contributed by atoms with van der Waals surface area (Å²) in [6.45, 7) is 0.